The third kappa shape index (κ3) is 1.23. The first-order valence-corrected chi connectivity index (χ1v) is 3.26. The van der Waals surface area contributed by atoms with Gasteiger partial charge in [-0.1, -0.05) is 0 Å². The summed E-state index contributed by atoms with van der Waals surface area (Å²) >= 11 is 0. The van der Waals surface area contributed by atoms with Crippen LogP contribution in [0.5, 0.6) is 0 Å². The fourth-order valence-electron chi connectivity index (χ4n) is 0.448. The summed E-state index contributed by atoms with van der Waals surface area (Å²) in [5, 5.41) is 1.35. The van der Waals surface area contributed by atoms with Gasteiger partial charge in [0.15, 0.2) is 0 Å². The van der Waals surface area contributed by atoms with E-state index in [9.17, 15) is 0 Å². The molecule has 1 aromatic rings. The Kier molecular flexibility index (Phi) is 1.36. The summed E-state index contributed by atoms with van der Waals surface area (Å²) in [6.45, 7) is 2.08. The zero-order chi connectivity index (χ0) is 5.11. The van der Waals surface area contributed by atoms with E-state index in [1.54, 1.807) is 6.20 Å². The van der Waals surface area contributed by atoms with Gasteiger partial charge in [0.2, 0.25) is 0 Å². The Morgan fingerprint density at radius 1 is 1.71 bits per heavy atom. The second-order valence-corrected chi connectivity index (χ2v) is 2.69. The molecule has 0 aliphatic rings. The van der Waals surface area contributed by atoms with Gasteiger partial charge in [-0.3, -0.25) is 0 Å². The van der Waals surface area contributed by atoms with Crippen LogP contribution in [0.2, 0.25) is 0 Å². The van der Waals surface area contributed by atoms with Crippen LogP contribution in [-0.4, -0.2) is 22.1 Å². The Hall–Kier alpha value is -0.438. The Morgan fingerprint density at radius 2 is 2.57 bits per heavy atom. The fraction of sp³-hybridized carbons (Fsp3) is 0. The van der Waals surface area contributed by atoms with Crippen LogP contribution < -0.4 is 5.08 Å². The summed E-state index contributed by atoms with van der Waals surface area (Å²) in [6, 6.07) is 0. The first-order chi connectivity index (χ1) is 3.39. The second kappa shape index (κ2) is 2.02. The molecule has 1 nitrogen and oxygen atoms in total. The van der Waals surface area contributed by atoms with E-state index >= 15 is 0 Å². The monoisotopic (exact) mass is 107 g/mol. The van der Waals surface area contributed by atoms with E-state index in [1.807, 2.05) is 12.2 Å². The molecule has 0 spiro atoms. The molecule has 7 heavy (non-hydrogen) atoms. The molecule has 0 unspecified atom stereocenters. The van der Waals surface area contributed by atoms with Crippen molar-refractivity contribution in [2.24, 2.45) is 0 Å². The van der Waals surface area contributed by atoms with Crippen molar-refractivity contribution in [3.05, 3.63) is 18.4 Å². The van der Waals surface area contributed by atoms with Gasteiger partial charge < -0.3 is 0 Å². The molecule has 0 aliphatic carbocycles. The van der Waals surface area contributed by atoms with Crippen LogP contribution in [0, 0.1) is 0 Å². The Bertz CT molecular complexity index is 142. The molecular weight excluding hydrogens is 101 g/mol. The summed E-state index contributed by atoms with van der Waals surface area (Å²) in [5.74, 6) is 1.96. The van der Waals surface area contributed by atoms with Crippen LogP contribution in [0.3, 0.4) is 0 Å². The Balaban J connectivity index is 3.02. The average Bonchev–Trinajstić information content (AvgIpc) is 1.69. The first kappa shape index (κ1) is 4.71. The van der Waals surface area contributed by atoms with Crippen molar-refractivity contribution >= 4 is 22.2 Å². The van der Waals surface area contributed by atoms with E-state index in [-0.39, 0.29) is 0 Å². The van der Waals surface area contributed by atoms with Gasteiger partial charge in [-0.2, -0.15) is 0 Å². The number of nitrogens with zero attached hydrogens (tertiary/aromatic N) is 1. The van der Waals surface area contributed by atoms with Gasteiger partial charge in [0, 0.05) is 0 Å². The molecule has 0 fully saturated rings. The summed E-state index contributed by atoms with van der Waals surface area (Å²) < 4.78 is 0. The predicted octanol–water partition coefficient (Wildman–Crippen LogP) is -1.59. The molecule has 0 atom stereocenters. The van der Waals surface area contributed by atoms with E-state index in [4.69, 9.17) is 0 Å². The van der Waals surface area contributed by atoms with E-state index in [0.717, 1.165) is 10.2 Å². The zero-order valence-corrected chi connectivity index (χ0v) is 6.26. The molecular formula is C4H6BNSi. The summed E-state index contributed by atoms with van der Waals surface area (Å²) in [4.78, 5) is 3.92. The van der Waals surface area contributed by atoms with Crippen molar-refractivity contribution in [1.29, 1.82) is 0 Å². The second-order valence-electron chi connectivity index (χ2n) is 1.53. The molecule has 0 aromatic carbocycles. The molecule has 34 valence electrons. The molecule has 1 rings (SSSR count). The molecule has 0 aliphatic heterocycles. The zero-order valence-electron chi connectivity index (χ0n) is 4.26. The molecule has 0 saturated heterocycles. The normalized spacial score (nSPS) is 8.57. The molecule has 0 saturated carbocycles. The van der Waals surface area contributed by atoms with Crippen molar-refractivity contribution in [3.8, 4) is 0 Å². The number of hydrogen-bond acceptors (Lipinski definition) is 1. The van der Waals surface area contributed by atoms with Crippen molar-refractivity contribution in [3.63, 3.8) is 0 Å². The van der Waals surface area contributed by atoms with Crippen LogP contribution in [0.15, 0.2) is 18.4 Å². The van der Waals surface area contributed by atoms with Gasteiger partial charge in [-0.15, -0.1) is 0 Å². The van der Waals surface area contributed by atoms with Crippen LogP contribution in [0.25, 0.3) is 0 Å². The predicted molar refractivity (Wildman–Crippen MR) is 35.2 cm³/mol. The average molecular weight is 107 g/mol. The summed E-state index contributed by atoms with van der Waals surface area (Å²) in [7, 11) is 1.11. The Labute approximate surface area is 46.4 Å². The Morgan fingerprint density at radius 3 is 2.86 bits per heavy atom. The van der Waals surface area contributed by atoms with Crippen LogP contribution in [0.4, 0.5) is 0 Å². The topological polar surface area (TPSA) is 12.9 Å². The standard InChI is InChI=1S/C4H6BNSi/c7-4-3-6-2-1-5-4/h1-3H,7H3. The van der Waals surface area contributed by atoms with Gasteiger partial charge in [-0.05, 0) is 0 Å². The van der Waals surface area contributed by atoms with Gasteiger partial charge in [0.25, 0.3) is 0 Å². The van der Waals surface area contributed by atoms with E-state index in [1.165, 1.54) is 5.08 Å². The molecule has 1 aromatic heterocycles. The van der Waals surface area contributed by atoms with Crippen molar-refractivity contribution < 1.29 is 0 Å². The third-order valence-corrected chi connectivity index (χ3v) is 1.40. The van der Waals surface area contributed by atoms with Gasteiger partial charge in [0.05, 0.1) is 0 Å². The molecule has 0 radical (unpaired) electrons. The molecule has 0 bridgehead atoms. The van der Waals surface area contributed by atoms with Crippen LogP contribution >= 0.6 is 0 Å². The van der Waals surface area contributed by atoms with Gasteiger partial charge in [-0.25, -0.2) is 0 Å². The minimum absolute atomic E-state index is 1.11. The fourth-order valence-corrected chi connectivity index (χ4v) is 0.790. The molecule has 1 heterocycles. The maximum absolute atomic E-state index is 3.92. The molecule has 0 N–H and O–H groups in total. The number of hydrogen-bond donors (Lipinski definition) is 0. The van der Waals surface area contributed by atoms with Crippen molar-refractivity contribution in [2.45, 2.75) is 0 Å². The van der Waals surface area contributed by atoms with E-state index < -0.39 is 0 Å². The van der Waals surface area contributed by atoms with Crippen molar-refractivity contribution in [1.82, 2.24) is 4.98 Å². The maximum atomic E-state index is 3.92. The quantitative estimate of drug-likeness (QED) is 0.364. The first-order valence-electron chi connectivity index (χ1n) is 2.26. The number of aromatic nitrogens is 1. The van der Waals surface area contributed by atoms with E-state index in [0.29, 0.717) is 0 Å². The van der Waals surface area contributed by atoms with E-state index in [2.05, 4.69) is 11.9 Å². The SMILES string of the molecule is [SiH3]c1bccnc1. The summed E-state index contributed by atoms with van der Waals surface area (Å²) in [6.07, 6.45) is 3.69. The molecule has 0 amide bonds. The third-order valence-electron chi connectivity index (χ3n) is 0.809. The van der Waals surface area contributed by atoms with Gasteiger partial charge in [0.1, 0.15) is 0 Å². The van der Waals surface area contributed by atoms with Crippen molar-refractivity contribution in [2.75, 3.05) is 0 Å². The molecule has 3 heteroatoms. The number of rotatable bonds is 0. The van der Waals surface area contributed by atoms with Crippen LogP contribution in [-0.2, 0) is 0 Å². The summed E-state index contributed by atoms with van der Waals surface area (Å²) in [5.41, 5.74) is 0. The minimum atomic E-state index is 1.11. The van der Waals surface area contributed by atoms with Crippen LogP contribution in [0.1, 0.15) is 0 Å². The van der Waals surface area contributed by atoms with Gasteiger partial charge >= 0.3 is 45.6 Å².